The Kier molecular flexibility index (Phi) is 6.33. The topological polar surface area (TPSA) is 69.3 Å². The number of nitrogens with zero attached hydrogens (tertiary/aromatic N) is 2. The highest BCUT2D eigenvalue weighted by Gasteiger charge is 2.15. The lowest BCUT2D eigenvalue weighted by atomic mass is 10.0. The lowest BCUT2D eigenvalue weighted by Crippen LogP contribution is -2.22. The molecule has 3 rings (SSSR count). The third kappa shape index (κ3) is 4.82. The zero-order valence-electron chi connectivity index (χ0n) is 17.4. The summed E-state index contributed by atoms with van der Waals surface area (Å²) in [5, 5.41) is 7.75. The van der Waals surface area contributed by atoms with Crippen LogP contribution in [0.3, 0.4) is 0 Å². The molecule has 1 amide bonds. The molecule has 0 spiro atoms. The van der Waals surface area contributed by atoms with Crippen LogP contribution in [0, 0.1) is 13.8 Å². The number of hydrogen-bond donors (Lipinski definition) is 1. The van der Waals surface area contributed by atoms with Crippen LogP contribution in [-0.4, -0.2) is 15.7 Å². The van der Waals surface area contributed by atoms with E-state index in [1.807, 2.05) is 33.0 Å². The van der Waals surface area contributed by atoms with Crippen LogP contribution in [0.1, 0.15) is 58.5 Å². The molecule has 2 aromatic heterocycles. The van der Waals surface area contributed by atoms with Crippen molar-refractivity contribution in [1.29, 1.82) is 0 Å². The molecule has 154 valence electrons. The van der Waals surface area contributed by atoms with Crippen LogP contribution in [0.4, 0.5) is 0 Å². The smallest absolute Gasteiger partial charge is 0.287 e. The Bertz CT molecular complexity index is 1020. The maximum Gasteiger partial charge on any atom is 0.287 e. The number of furan rings is 1. The van der Waals surface area contributed by atoms with E-state index in [2.05, 4.69) is 24.3 Å². The van der Waals surface area contributed by atoms with E-state index < -0.39 is 0 Å². The van der Waals surface area contributed by atoms with E-state index in [0.29, 0.717) is 12.3 Å². The summed E-state index contributed by atoms with van der Waals surface area (Å²) in [6.45, 7) is 8.71. The summed E-state index contributed by atoms with van der Waals surface area (Å²) in [6, 6.07) is 7.28. The lowest BCUT2D eigenvalue weighted by Gasteiger charge is -2.15. The standard InChI is InChI=1S/C22H26ClN3O3/c1-13(2)18-9-19(23)14(3)8-21(18)28-12-17-6-7-20(29-17)22(27)24-10-16-11-25-26(5)15(16)4/h6-9,11,13H,10,12H2,1-5H3,(H,24,27). The first-order valence-electron chi connectivity index (χ1n) is 9.53. The molecule has 0 radical (unpaired) electrons. The lowest BCUT2D eigenvalue weighted by molar-refractivity contribution is 0.0919. The van der Waals surface area contributed by atoms with Gasteiger partial charge in [-0.05, 0) is 55.2 Å². The second-order valence-corrected chi connectivity index (χ2v) is 7.82. The Morgan fingerprint density at radius 2 is 2.07 bits per heavy atom. The minimum Gasteiger partial charge on any atom is -0.485 e. The molecule has 0 aliphatic heterocycles. The number of hydrogen-bond acceptors (Lipinski definition) is 4. The molecule has 7 heteroatoms. The van der Waals surface area contributed by atoms with Gasteiger partial charge in [-0.2, -0.15) is 5.10 Å². The van der Waals surface area contributed by atoms with Crippen LogP contribution in [0.2, 0.25) is 5.02 Å². The van der Waals surface area contributed by atoms with Crippen molar-refractivity contribution in [1.82, 2.24) is 15.1 Å². The zero-order valence-corrected chi connectivity index (χ0v) is 18.1. The van der Waals surface area contributed by atoms with E-state index >= 15 is 0 Å². The number of carbonyl (C=O) groups excluding carboxylic acids is 1. The Balaban J connectivity index is 1.63. The fraction of sp³-hybridized carbons (Fsp3) is 0.364. The summed E-state index contributed by atoms with van der Waals surface area (Å²) in [5.74, 6) is 1.61. The monoisotopic (exact) mass is 415 g/mol. The number of nitrogens with one attached hydrogen (secondary N) is 1. The zero-order chi connectivity index (χ0) is 21.1. The first kappa shape index (κ1) is 21.0. The molecule has 0 unspecified atom stereocenters. The van der Waals surface area contributed by atoms with Crippen molar-refractivity contribution in [3.8, 4) is 5.75 Å². The van der Waals surface area contributed by atoms with Crippen molar-refractivity contribution in [2.75, 3.05) is 0 Å². The van der Waals surface area contributed by atoms with Crippen LogP contribution in [0.15, 0.2) is 34.9 Å². The van der Waals surface area contributed by atoms with Gasteiger partial charge in [-0.25, -0.2) is 0 Å². The molecule has 0 aliphatic carbocycles. The second kappa shape index (κ2) is 8.74. The highest BCUT2D eigenvalue weighted by atomic mass is 35.5. The largest absolute Gasteiger partial charge is 0.485 e. The molecule has 3 aromatic rings. The average Bonchev–Trinajstić information content (AvgIpc) is 3.28. The van der Waals surface area contributed by atoms with Crippen molar-refractivity contribution >= 4 is 17.5 Å². The molecule has 0 aliphatic rings. The molecule has 6 nitrogen and oxygen atoms in total. The van der Waals surface area contributed by atoms with Gasteiger partial charge >= 0.3 is 0 Å². The average molecular weight is 416 g/mol. The minimum atomic E-state index is -0.273. The molecular formula is C22H26ClN3O3. The fourth-order valence-electron chi connectivity index (χ4n) is 2.95. The molecule has 29 heavy (non-hydrogen) atoms. The quantitative estimate of drug-likeness (QED) is 0.594. The number of carbonyl (C=O) groups is 1. The van der Waals surface area contributed by atoms with Gasteiger partial charge in [-0.15, -0.1) is 0 Å². The summed E-state index contributed by atoms with van der Waals surface area (Å²) < 4.78 is 13.4. The number of halogens is 1. The van der Waals surface area contributed by atoms with Crippen molar-refractivity contribution in [3.63, 3.8) is 0 Å². The SMILES string of the molecule is Cc1cc(OCc2ccc(C(=O)NCc3cnn(C)c3C)o2)c(C(C)C)cc1Cl. The number of ether oxygens (including phenoxy) is 1. The second-order valence-electron chi connectivity index (χ2n) is 7.41. The predicted molar refractivity (Wildman–Crippen MR) is 112 cm³/mol. The summed E-state index contributed by atoms with van der Waals surface area (Å²) >= 11 is 6.25. The molecule has 0 atom stereocenters. The van der Waals surface area contributed by atoms with Gasteiger partial charge in [-0.1, -0.05) is 25.4 Å². The van der Waals surface area contributed by atoms with Gasteiger partial charge in [-0.3, -0.25) is 9.48 Å². The maximum absolute atomic E-state index is 12.4. The molecule has 1 N–H and O–H groups in total. The number of rotatable bonds is 7. The van der Waals surface area contributed by atoms with Gasteiger partial charge < -0.3 is 14.5 Å². The van der Waals surface area contributed by atoms with Gasteiger partial charge in [0.15, 0.2) is 5.76 Å². The third-order valence-electron chi connectivity index (χ3n) is 4.94. The van der Waals surface area contributed by atoms with Crippen LogP contribution in [0.25, 0.3) is 0 Å². The molecular weight excluding hydrogens is 390 g/mol. The minimum absolute atomic E-state index is 0.232. The molecule has 0 bridgehead atoms. The summed E-state index contributed by atoms with van der Waals surface area (Å²) in [6.07, 6.45) is 1.75. The number of amides is 1. The van der Waals surface area contributed by atoms with Crippen LogP contribution >= 0.6 is 11.6 Å². The molecule has 0 saturated carbocycles. The Morgan fingerprint density at radius 3 is 2.72 bits per heavy atom. The highest BCUT2D eigenvalue weighted by Crippen LogP contribution is 2.32. The number of aromatic nitrogens is 2. The van der Waals surface area contributed by atoms with Crippen molar-refractivity contribution < 1.29 is 13.9 Å². The van der Waals surface area contributed by atoms with Gasteiger partial charge in [0.2, 0.25) is 0 Å². The van der Waals surface area contributed by atoms with Crippen LogP contribution < -0.4 is 10.1 Å². The first-order valence-corrected chi connectivity index (χ1v) is 9.91. The van der Waals surface area contributed by atoms with E-state index in [-0.39, 0.29) is 24.2 Å². The maximum atomic E-state index is 12.4. The number of aryl methyl sites for hydroxylation is 2. The first-order chi connectivity index (χ1) is 13.8. The molecule has 2 heterocycles. The number of benzene rings is 1. The van der Waals surface area contributed by atoms with Crippen molar-refractivity contribution in [2.45, 2.75) is 46.8 Å². The Labute approximate surface area is 175 Å². The summed E-state index contributed by atoms with van der Waals surface area (Å²) in [7, 11) is 1.87. The Hall–Kier alpha value is -2.73. The van der Waals surface area contributed by atoms with Gasteiger partial charge in [0.1, 0.15) is 18.1 Å². The van der Waals surface area contributed by atoms with E-state index in [9.17, 15) is 4.79 Å². The van der Waals surface area contributed by atoms with Gasteiger partial charge in [0.05, 0.1) is 6.20 Å². The van der Waals surface area contributed by atoms with E-state index in [1.54, 1.807) is 23.0 Å². The summed E-state index contributed by atoms with van der Waals surface area (Å²) in [4.78, 5) is 12.4. The van der Waals surface area contributed by atoms with Gasteiger partial charge in [0.25, 0.3) is 5.91 Å². The van der Waals surface area contributed by atoms with E-state index in [4.69, 9.17) is 20.8 Å². The van der Waals surface area contributed by atoms with Gasteiger partial charge in [0, 0.05) is 29.9 Å². The van der Waals surface area contributed by atoms with E-state index in [1.165, 1.54) is 0 Å². The normalized spacial score (nSPS) is 11.1. The fourth-order valence-corrected chi connectivity index (χ4v) is 3.13. The summed E-state index contributed by atoms with van der Waals surface area (Å²) in [5.41, 5.74) is 3.97. The van der Waals surface area contributed by atoms with E-state index in [0.717, 1.165) is 33.2 Å². The van der Waals surface area contributed by atoms with Crippen LogP contribution in [0.5, 0.6) is 5.75 Å². The van der Waals surface area contributed by atoms with Crippen molar-refractivity contribution in [2.24, 2.45) is 7.05 Å². The third-order valence-corrected chi connectivity index (χ3v) is 5.35. The molecule has 0 saturated heterocycles. The molecule has 0 fully saturated rings. The van der Waals surface area contributed by atoms with Crippen LogP contribution in [-0.2, 0) is 20.2 Å². The Morgan fingerprint density at radius 1 is 1.31 bits per heavy atom. The molecule has 1 aromatic carbocycles. The predicted octanol–water partition coefficient (Wildman–Crippen LogP) is 4.92. The highest BCUT2D eigenvalue weighted by molar-refractivity contribution is 6.31. The van der Waals surface area contributed by atoms with Crippen molar-refractivity contribution in [3.05, 3.63) is 69.4 Å².